The molecule has 5 aromatic carbocycles. The van der Waals surface area contributed by atoms with Gasteiger partial charge in [-0.3, -0.25) is 10.1 Å². The van der Waals surface area contributed by atoms with Gasteiger partial charge in [0.1, 0.15) is 0 Å². The van der Waals surface area contributed by atoms with Gasteiger partial charge in [0.25, 0.3) is 5.69 Å². The summed E-state index contributed by atoms with van der Waals surface area (Å²) in [6, 6.07) is 39.6. The molecule has 7 nitrogen and oxygen atoms in total. The second-order valence-corrected chi connectivity index (χ2v) is 10.9. The molecule has 0 saturated carbocycles. The number of nitro benzene ring substituents is 1. The van der Waals surface area contributed by atoms with Crippen molar-refractivity contribution in [3.05, 3.63) is 148 Å². The lowest BCUT2D eigenvalue weighted by molar-refractivity contribution is -0.384. The van der Waals surface area contributed by atoms with E-state index < -0.39 is 4.99 Å². The lowest BCUT2D eigenvalue weighted by Crippen LogP contribution is -2.54. The van der Waals surface area contributed by atoms with Gasteiger partial charge in [-0.15, -0.1) is 0 Å². The van der Waals surface area contributed by atoms with Crippen LogP contribution in [0.2, 0.25) is 0 Å². The third-order valence-electron chi connectivity index (χ3n) is 7.19. The predicted octanol–water partition coefficient (Wildman–Crippen LogP) is 7.72. The summed E-state index contributed by atoms with van der Waals surface area (Å²) < 4.78 is 0. The van der Waals surface area contributed by atoms with E-state index in [1.54, 1.807) is 23.9 Å². The zero-order valence-electron chi connectivity index (χ0n) is 21.5. The van der Waals surface area contributed by atoms with Crippen LogP contribution in [0.3, 0.4) is 0 Å². The highest BCUT2D eigenvalue weighted by Gasteiger charge is 2.54. The number of para-hydroxylation sites is 1. The Morgan fingerprint density at radius 1 is 0.700 bits per heavy atom. The molecule has 8 heteroatoms. The molecule has 0 aromatic heterocycles. The fourth-order valence-electron chi connectivity index (χ4n) is 5.47. The first-order valence-corrected chi connectivity index (χ1v) is 13.7. The van der Waals surface area contributed by atoms with E-state index in [0.29, 0.717) is 0 Å². The van der Waals surface area contributed by atoms with Gasteiger partial charge in [0, 0.05) is 28.8 Å². The SMILES string of the molecule is CC1=NN(c2ccc([N+](=O)[O-])cc2)[C@@]2(S1)c1ccccc1C(c1cccc3ccccc13)=NN2c1ccccc1. The van der Waals surface area contributed by atoms with Crippen LogP contribution in [0.25, 0.3) is 10.8 Å². The van der Waals surface area contributed by atoms with E-state index in [1.165, 1.54) is 12.1 Å². The number of hydrogen-bond acceptors (Lipinski definition) is 7. The van der Waals surface area contributed by atoms with E-state index in [9.17, 15) is 10.1 Å². The molecule has 2 heterocycles. The highest BCUT2D eigenvalue weighted by atomic mass is 32.2. The Morgan fingerprint density at radius 2 is 1.32 bits per heavy atom. The van der Waals surface area contributed by atoms with Crippen molar-refractivity contribution in [2.45, 2.75) is 11.9 Å². The molecule has 0 bridgehead atoms. The largest absolute Gasteiger partial charge is 0.269 e. The van der Waals surface area contributed by atoms with Gasteiger partial charge in [0.15, 0.2) is 0 Å². The van der Waals surface area contributed by atoms with Gasteiger partial charge in [-0.05, 0) is 42.0 Å². The number of nitrogens with zero attached hydrogens (tertiary/aromatic N) is 5. The van der Waals surface area contributed by atoms with Crippen LogP contribution in [0.15, 0.2) is 132 Å². The van der Waals surface area contributed by atoms with E-state index in [2.05, 4.69) is 48.5 Å². The summed E-state index contributed by atoms with van der Waals surface area (Å²) in [5, 5.41) is 28.9. The summed E-state index contributed by atoms with van der Waals surface area (Å²) in [6.45, 7) is 1.98. The summed E-state index contributed by atoms with van der Waals surface area (Å²) in [5.74, 6) is 0. The van der Waals surface area contributed by atoms with E-state index in [0.717, 1.165) is 49.6 Å². The Morgan fingerprint density at radius 3 is 2.12 bits per heavy atom. The topological polar surface area (TPSA) is 74.3 Å². The lowest BCUT2D eigenvalue weighted by Gasteiger charge is -2.47. The molecule has 7 rings (SSSR count). The molecule has 2 aliphatic rings. The van der Waals surface area contributed by atoms with Crippen molar-refractivity contribution in [1.29, 1.82) is 0 Å². The average molecular weight is 542 g/mol. The van der Waals surface area contributed by atoms with Crippen molar-refractivity contribution in [2.24, 2.45) is 10.2 Å². The van der Waals surface area contributed by atoms with Crippen LogP contribution < -0.4 is 10.0 Å². The van der Waals surface area contributed by atoms with E-state index >= 15 is 0 Å². The zero-order valence-corrected chi connectivity index (χ0v) is 22.3. The van der Waals surface area contributed by atoms with Crippen molar-refractivity contribution >= 4 is 50.4 Å². The summed E-state index contributed by atoms with van der Waals surface area (Å²) in [4.78, 5) is 10.1. The van der Waals surface area contributed by atoms with E-state index in [4.69, 9.17) is 10.2 Å². The molecule has 0 amide bonds. The quantitative estimate of drug-likeness (QED) is 0.172. The van der Waals surface area contributed by atoms with Gasteiger partial charge in [0.2, 0.25) is 4.99 Å². The minimum atomic E-state index is -0.897. The van der Waals surface area contributed by atoms with Crippen LogP contribution in [0.1, 0.15) is 23.6 Å². The summed E-state index contributed by atoms with van der Waals surface area (Å²) in [5.41, 5.74) is 5.62. The summed E-state index contributed by atoms with van der Waals surface area (Å²) >= 11 is 1.61. The predicted molar refractivity (Wildman–Crippen MR) is 163 cm³/mol. The maximum Gasteiger partial charge on any atom is 0.269 e. The van der Waals surface area contributed by atoms with Crippen LogP contribution >= 0.6 is 11.8 Å². The van der Waals surface area contributed by atoms with Crippen molar-refractivity contribution in [3.63, 3.8) is 0 Å². The molecular weight excluding hydrogens is 518 g/mol. The molecule has 0 radical (unpaired) electrons. The summed E-state index contributed by atoms with van der Waals surface area (Å²) in [6.07, 6.45) is 0. The zero-order chi connectivity index (χ0) is 27.3. The molecule has 1 atom stereocenters. The Labute approximate surface area is 235 Å². The number of non-ortho nitro benzene ring substituents is 1. The second-order valence-electron chi connectivity index (χ2n) is 9.58. The van der Waals surface area contributed by atoms with Gasteiger partial charge in [-0.2, -0.15) is 10.2 Å². The van der Waals surface area contributed by atoms with Crippen molar-refractivity contribution in [3.8, 4) is 0 Å². The third kappa shape index (κ3) is 3.68. The van der Waals surface area contributed by atoms with Gasteiger partial charge in [0.05, 0.1) is 27.1 Å². The normalized spacial score (nSPS) is 18.0. The first-order chi connectivity index (χ1) is 19.6. The minimum Gasteiger partial charge on any atom is -0.258 e. The third-order valence-corrected chi connectivity index (χ3v) is 8.42. The van der Waals surface area contributed by atoms with Crippen molar-refractivity contribution in [1.82, 2.24) is 0 Å². The lowest BCUT2D eigenvalue weighted by atomic mass is 9.91. The number of nitro groups is 1. The molecule has 40 heavy (non-hydrogen) atoms. The molecule has 0 unspecified atom stereocenters. The fraction of sp³-hybridized carbons (Fsp3) is 0.0625. The Kier molecular flexibility index (Phi) is 5.64. The van der Waals surface area contributed by atoms with E-state index in [1.807, 2.05) is 65.5 Å². The number of anilines is 2. The fourth-order valence-corrected chi connectivity index (χ4v) is 6.76. The highest BCUT2D eigenvalue weighted by Crippen LogP contribution is 2.55. The molecule has 1 spiro atoms. The van der Waals surface area contributed by atoms with Gasteiger partial charge in [-0.1, -0.05) is 96.7 Å². The molecule has 0 aliphatic carbocycles. The van der Waals surface area contributed by atoms with Gasteiger partial charge >= 0.3 is 0 Å². The smallest absolute Gasteiger partial charge is 0.258 e. The number of hydrazone groups is 2. The summed E-state index contributed by atoms with van der Waals surface area (Å²) in [7, 11) is 0. The van der Waals surface area contributed by atoms with Crippen LogP contribution in [-0.2, 0) is 4.99 Å². The maximum absolute atomic E-state index is 11.4. The second kappa shape index (κ2) is 9.36. The Hall–Kier alpha value is -4.95. The van der Waals surface area contributed by atoms with Gasteiger partial charge in [-0.25, -0.2) is 10.0 Å². The molecular formula is C32H23N5O2S. The molecule has 0 saturated heterocycles. The number of rotatable bonds is 4. The molecule has 0 fully saturated rings. The van der Waals surface area contributed by atoms with Crippen LogP contribution in [0, 0.1) is 10.1 Å². The number of hydrogen-bond donors (Lipinski definition) is 0. The number of thioether (sulfide) groups is 1. The first kappa shape index (κ1) is 24.1. The number of benzene rings is 5. The van der Waals surface area contributed by atoms with Crippen LogP contribution in [0.4, 0.5) is 17.1 Å². The number of fused-ring (bicyclic) bond motifs is 3. The molecule has 0 N–H and O–H groups in total. The highest BCUT2D eigenvalue weighted by molar-refractivity contribution is 8.15. The van der Waals surface area contributed by atoms with Crippen LogP contribution in [-0.4, -0.2) is 15.7 Å². The standard InChI is InChI=1S/C32H23N5O2S/c1-22-33-35(25-18-20-26(21-19-25)37(38)39)32(40-22)30-17-8-7-15-29(30)31(34-36(32)24-12-3-2-4-13-24)28-16-9-11-23-10-5-6-14-27(23)28/h2-21H,1H3/t32-/m0/s1. The van der Waals surface area contributed by atoms with Crippen molar-refractivity contribution in [2.75, 3.05) is 10.0 Å². The Bertz CT molecular complexity index is 1830. The van der Waals surface area contributed by atoms with Crippen LogP contribution in [0.5, 0.6) is 0 Å². The van der Waals surface area contributed by atoms with Gasteiger partial charge < -0.3 is 0 Å². The molecule has 194 valence electrons. The van der Waals surface area contributed by atoms with E-state index in [-0.39, 0.29) is 10.6 Å². The monoisotopic (exact) mass is 541 g/mol. The Balaban J connectivity index is 1.51. The molecule has 5 aromatic rings. The minimum absolute atomic E-state index is 0.0329. The first-order valence-electron chi connectivity index (χ1n) is 12.9. The molecule has 2 aliphatic heterocycles. The van der Waals surface area contributed by atoms with Crippen molar-refractivity contribution < 1.29 is 4.92 Å². The average Bonchev–Trinajstić information content (AvgIpc) is 3.35. The maximum atomic E-state index is 11.4.